The molecule has 1 atom stereocenters. The zero-order valence-electron chi connectivity index (χ0n) is 9.33. The first kappa shape index (κ1) is 12.2. The van der Waals surface area contributed by atoms with E-state index in [1.165, 1.54) is 5.56 Å². The minimum atomic E-state index is -0.957. The molecule has 2 rings (SSSR count). The summed E-state index contributed by atoms with van der Waals surface area (Å²) in [5.74, 6) is 0.525. The Labute approximate surface area is 105 Å². The lowest BCUT2D eigenvalue weighted by atomic mass is 9.90. The van der Waals surface area contributed by atoms with Gasteiger partial charge in [0.2, 0.25) is 0 Å². The molecule has 16 heavy (non-hydrogen) atoms. The summed E-state index contributed by atoms with van der Waals surface area (Å²) < 4.78 is 11.7. The Hall–Kier alpha value is -0.220. The SMILES string of the molecule is C[S+]([O-])c1cc(Cl)ccc1C1CCNCC1. The summed E-state index contributed by atoms with van der Waals surface area (Å²) >= 11 is 5.00. The third-order valence-corrected chi connectivity index (χ3v) is 4.27. The van der Waals surface area contributed by atoms with Gasteiger partial charge in [-0.2, -0.15) is 0 Å². The van der Waals surface area contributed by atoms with E-state index in [1.807, 2.05) is 18.2 Å². The Morgan fingerprint density at radius 1 is 1.38 bits per heavy atom. The van der Waals surface area contributed by atoms with Crippen LogP contribution in [0.2, 0.25) is 5.02 Å². The van der Waals surface area contributed by atoms with Gasteiger partial charge in [-0.05, 0) is 49.1 Å². The van der Waals surface area contributed by atoms with Crippen LogP contribution in [0, 0.1) is 0 Å². The van der Waals surface area contributed by atoms with E-state index in [-0.39, 0.29) is 0 Å². The molecule has 0 radical (unpaired) electrons. The fraction of sp³-hybridized carbons (Fsp3) is 0.500. The molecule has 1 aliphatic heterocycles. The van der Waals surface area contributed by atoms with E-state index in [2.05, 4.69) is 5.32 Å². The summed E-state index contributed by atoms with van der Waals surface area (Å²) in [6.07, 6.45) is 3.95. The number of hydrogen-bond donors (Lipinski definition) is 1. The molecule has 0 amide bonds. The zero-order valence-corrected chi connectivity index (χ0v) is 10.9. The topological polar surface area (TPSA) is 35.1 Å². The van der Waals surface area contributed by atoms with E-state index >= 15 is 0 Å². The van der Waals surface area contributed by atoms with Crippen LogP contribution in [0.25, 0.3) is 0 Å². The lowest BCUT2D eigenvalue weighted by Crippen LogP contribution is -2.27. The largest absolute Gasteiger partial charge is 0.612 e. The Morgan fingerprint density at radius 3 is 2.69 bits per heavy atom. The number of hydrogen-bond acceptors (Lipinski definition) is 2. The van der Waals surface area contributed by atoms with Gasteiger partial charge in [-0.25, -0.2) is 0 Å². The van der Waals surface area contributed by atoms with Gasteiger partial charge in [0.1, 0.15) is 6.26 Å². The number of rotatable bonds is 2. The average molecular weight is 258 g/mol. The number of benzene rings is 1. The maximum Gasteiger partial charge on any atom is 0.157 e. The standard InChI is InChI=1S/C12H16ClNOS/c1-16(15)12-8-10(13)2-3-11(12)9-4-6-14-7-5-9/h2-3,8-9,14H,4-7H2,1H3. The Morgan fingerprint density at radius 2 is 2.06 bits per heavy atom. The van der Waals surface area contributed by atoms with Crippen molar-refractivity contribution in [1.82, 2.24) is 5.32 Å². The molecule has 0 aliphatic carbocycles. The lowest BCUT2D eigenvalue weighted by molar-refractivity contribution is 0.455. The van der Waals surface area contributed by atoms with Crippen molar-refractivity contribution >= 4 is 22.8 Å². The van der Waals surface area contributed by atoms with Gasteiger partial charge >= 0.3 is 0 Å². The van der Waals surface area contributed by atoms with E-state index in [0.717, 1.165) is 30.8 Å². The van der Waals surface area contributed by atoms with Gasteiger partial charge in [-0.3, -0.25) is 0 Å². The molecule has 1 unspecified atom stereocenters. The van der Waals surface area contributed by atoms with Crippen molar-refractivity contribution in [2.45, 2.75) is 23.7 Å². The van der Waals surface area contributed by atoms with Crippen LogP contribution < -0.4 is 5.32 Å². The van der Waals surface area contributed by atoms with Gasteiger partial charge in [0.05, 0.1) is 0 Å². The van der Waals surface area contributed by atoms with E-state index in [4.69, 9.17) is 11.6 Å². The van der Waals surface area contributed by atoms with Crippen LogP contribution in [0.15, 0.2) is 23.1 Å². The smallest absolute Gasteiger partial charge is 0.157 e. The van der Waals surface area contributed by atoms with E-state index in [1.54, 1.807) is 6.26 Å². The van der Waals surface area contributed by atoms with Crippen LogP contribution in [-0.4, -0.2) is 23.9 Å². The van der Waals surface area contributed by atoms with Gasteiger partial charge in [0.25, 0.3) is 0 Å². The molecule has 0 spiro atoms. The number of halogens is 1. The molecule has 1 aliphatic rings. The fourth-order valence-electron chi connectivity index (χ4n) is 2.23. The number of nitrogens with one attached hydrogen (secondary N) is 1. The second-order valence-corrected chi connectivity index (χ2v) is 5.95. The molecular formula is C12H16ClNOS. The van der Waals surface area contributed by atoms with Crippen LogP contribution in [0.4, 0.5) is 0 Å². The molecule has 1 aromatic rings. The van der Waals surface area contributed by atoms with E-state index < -0.39 is 11.2 Å². The first-order valence-corrected chi connectivity index (χ1v) is 7.45. The molecular weight excluding hydrogens is 242 g/mol. The molecule has 4 heteroatoms. The van der Waals surface area contributed by atoms with Gasteiger partial charge < -0.3 is 9.87 Å². The molecule has 0 aromatic heterocycles. The van der Waals surface area contributed by atoms with Gasteiger partial charge in [0.15, 0.2) is 4.90 Å². The molecule has 0 saturated carbocycles. The Bertz CT molecular complexity index is 364. The molecule has 0 bridgehead atoms. The summed E-state index contributed by atoms with van der Waals surface area (Å²) in [6.45, 7) is 2.09. The van der Waals surface area contributed by atoms with Crippen molar-refractivity contribution < 1.29 is 4.55 Å². The fourth-order valence-corrected chi connectivity index (χ4v) is 3.32. The van der Waals surface area contributed by atoms with Gasteiger partial charge in [-0.15, -0.1) is 0 Å². The highest BCUT2D eigenvalue weighted by Crippen LogP contribution is 2.32. The Kier molecular flexibility index (Phi) is 4.14. The quantitative estimate of drug-likeness (QED) is 0.827. The van der Waals surface area contributed by atoms with E-state index in [9.17, 15) is 4.55 Å². The van der Waals surface area contributed by atoms with Crippen molar-refractivity contribution in [3.8, 4) is 0 Å². The minimum Gasteiger partial charge on any atom is -0.612 e. The molecule has 88 valence electrons. The first-order chi connectivity index (χ1) is 7.68. The van der Waals surface area contributed by atoms with Crippen molar-refractivity contribution in [3.63, 3.8) is 0 Å². The summed E-state index contributed by atoms with van der Waals surface area (Å²) in [7, 11) is 0. The van der Waals surface area contributed by atoms with Crippen molar-refractivity contribution in [2.24, 2.45) is 0 Å². The van der Waals surface area contributed by atoms with Crippen LogP contribution >= 0.6 is 11.6 Å². The van der Waals surface area contributed by atoms with Gasteiger partial charge in [0, 0.05) is 16.7 Å². The van der Waals surface area contributed by atoms with Crippen molar-refractivity contribution in [1.29, 1.82) is 0 Å². The van der Waals surface area contributed by atoms with Gasteiger partial charge in [-0.1, -0.05) is 17.7 Å². The predicted molar refractivity (Wildman–Crippen MR) is 68.6 cm³/mol. The zero-order chi connectivity index (χ0) is 11.5. The van der Waals surface area contributed by atoms with Crippen LogP contribution in [0.5, 0.6) is 0 Å². The maximum absolute atomic E-state index is 11.7. The predicted octanol–water partition coefficient (Wildman–Crippen LogP) is 2.54. The summed E-state index contributed by atoms with van der Waals surface area (Å²) in [5, 5.41) is 4.01. The molecule has 1 saturated heterocycles. The maximum atomic E-state index is 11.7. The third-order valence-electron chi connectivity index (χ3n) is 3.06. The normalized spacial score (nSPS) is 19.7. The number of piperidine rings is 1. The molecule has 2 nitrogen and oxygen atoms in total. The molecule has 1 N–H and O–H groups in total. The summed E-state index contributed by atoms with van der Waals surface area (Å²) in [5.41, 5.74) is 1.21. The summed E-state index contributed by atoms with van der Waals surface area (Å²) in [6, 6.07) is 5.78. The molecule has 1 fully saturated rings. The average Bonchev–Trinajstić information content (AvgIpc) is 2.30. The molecule has 1 aromatic carbocycles. The third kappa shape index (κ3) is 2.72. The first-order valence-electron chi connectivity index (χ1n) is 5.52. The highest BCUT2D eigenvalue weighted by molar-refractivity contribution is 7.90. The second kappa shape index (κ2) is 5.41. The highest BCUT2D eigenvalue weighted by atomic mass is 35.5. The highest BCUT2D eigenvalue weighted by Gasteiger charge is 2.22. The minimum absolute atomic E-state index is 0.525. The van der Waals surface area contributed by atoms with Crippen molar-refractivity contribution in [3.05, 3.63) is 28.8 Å². The van der Waals surface area contributed by atoms with E-state index in [0.29, 0.717) is 10.9 Å². The van der Waals surface area contributed by atoms with Crippen LogP contribution in [0.3, 0.4) is 0 Å². The monoisotopic (exact) mass is 257 g/mol. The van der Waals surface area contributed by atoms with Crippen LogP contribution in [0.1, 0.15) is 24.3 Å². The second-order valence-electron chi connectivity index (χ2n) is 4.16. The molecule has 1 heterocycles. The van der Waals surface area contributed by atoms with Crippen LogP contribution in [-0.2, 0) is 11.2 Å². The Balaban J connectivity index is 2.31. The van der Waals surface area contributed by atoms with Crippen molar-refractivity contribution in [2.75, 3.05) is 19.3 Å². The summed E-state index contributed by atoms with van der Waals surface area (Å²) in [4.78, 5) is 0.902. The lowest BCUT2D eigenvalue weighted by Gasteiger charge is -2.24.